The van der Waals surface area contributed by atoms with Crippen LogP contribution in [0.4, 0.5) is 5.88 Å². The van der Waals surface area contributed by atoms with E-state index in [1.807, 2.05) is 0 Å². The van der Waals surface area contributed by atoms with Gasteiger partial charge >= 0.3 is 5.97 Å². The van der Waals surface area contributed by atoms with E-state index in [2.05, 4.69) is 9.88 Å². The van der Waals surface area contributed by atoms with Gasteiger partial charge in [0.1, 0.15) is 15.6 Å². The van der Waals surface area contributed by atoms with Crippen molar-refractivity contribution in [3.05, 3.63) is 49.8 Å². The third-order valence-corrected chi connectivity index (χ3v) is 7.70. The van der Waals surface area contributed by atoms with Gasteiger partial charge in [0.05, 0.1) is 10.4 Å². The number of hydrogen-bond acceptors (Lipinski definition) is 9. The van der Waals surface area contributed by atoms with E-state index < -0.39 is 21.8 Å². The van der Waals surface area contributed by atoms with Crippen LogP contribution in [0.3, 0.4) is 0 Å². The topological polar surface area (TPSA) is 145 Å². The second-order valence-electron chi connectivity index (χ2n) is 6.80. The third kappa shape index (κ3) is 3.80. The van der Waals surface area contributed by atoms with Gasteiger partial charge in [-0.25, -0.2) is 17.9 Å². The Kier molecular flexibility index (Phi) is 5.61. The molecule has 32 heavy (non-hydrogen) atoms. The monoisotopic (exact) mass is 498 g/mol. The molecule has 0 fully saturated rings. The Hall–Kier alpha value is -3.09. The molecule has 0 radical (unpaired) electrons. The normalized spacial score (nSPS) is 12.7. The van der Waals surface area contributed by atoms with Gasteiger partial charge < -0.3 is 19.1 Å². The number of benzene rings is 1. The van der Waals surface area contributed by atoms with Crippen molar-refractivity contribution in [2.45, 2.75) is 25.2 Å². The average Bonchev–Trinajstić information content (AvgIpc) is 3.46. The van der Waals surface area contributed by atoms with E-state index in [1.165, 1.54) is 24.4 Å². The molecule has 2 N–H and O–H groups in total. The van der Waals surface area contributed by atoms with Gasteiger partial charge in [-0.05, 0) is 42.5 Å². The maximum absolute atomic E-state index is 13.1. The van der Waals surface area contributed by atoms with E-state index in [0.29, 0.717) is 17.0 Å². The van der Waals surface area contributed by atoms with Crippen LogP contribution in [0.25, 0.3) is 0 Å². The molecule has 0 spiro atoms. The summed E-state index contributed by atoms with van der Waals surface area (Å²) in [4.78, 5) is 24.5. The van der Waals surface area contributed by atoms with E-state index in [1.54, 1.807) is 6.92 Å². The number of Topliss-reactive ketones (excluding diaryl/α,β-unsaturated/α-hetero) is 1. The molecule has 0 saturated carbocycles. The van der Waals surface area contributed by atoms with E-state index in [4.69, 9.17) is 25.6 Å². The number of nitrogens with zero attached hydrogens (tertiary/aromatic N) is 1. The number of carbonyl (C=O) groups excluding carboxylic acids is 1. The lowest BCUT2D eigenvalue weighted by molar-refractivity contribution is 0.0695. The van der Waals surface area contributed by atoms with Crippen molar-refractivity contribution in [1.29, 1.82) is 0 Å². The molecule has 0 unspecified atom stereocenters. The number of carbonyl (C=O) groups is 2. The van der Waals surface area contributed by atoms with Crippen molar-refractivity contribution in [2.75, 3.05) is 11.5 Å². The first-order valence-electron chi connectivity index (χ1n) is 9.00. The number of aromatic nitrogens is 1. The fraction of sp³-hybridized carbons (Fsp3) is 0.211. The smallest absolute Gasteiger partial charge is 0.336 e. The summed E-state index contributed by atoms with van der Waals surface area (Å²) in [6, 6.07) is 2.56. The van der Waals surface area contributed by atoms with Crippen molar-refractivity contribution in [3.8, 4) is 11.5 Å². The largest absolute Gasteiger partial charge is 0.478 e. The van der Waals surface area contributed by atoms with Crippen LogP contribution in [0, 0.1) is 13.8 Å². The van der Waals surface area contributed by atoms with Gasteiger partial charge in [0.25, 0.3) is 15.9 Å². The molecule has 13 heteroatoms. The fourth-order valence-corrected chi connectivity index (χ4v) is 5.78. The number of aryl methyl sites for hydroxylation is 1. The predicted octanol–water partition coefficient (Wildman–Crippen LogP) is 3.66. The second kappa shape index (κ2) is 8.11. The summed E-state index contributed by atoms with van der Waals surface area (Å²) >= 11 is 6.89. The number of nitrogens with one attached hydrogen (secondary N) is 1. The molecule has 3 aromatic rings. The molecule has 2 aromatic heterocycles. The van der Waals surface area contributed by atoms with Crippen molar-refractivity contribution in [1.82, 2.24) is 5.16 Å². The van der Waals surface area contributed by atoms with Crippen LogP contribution in [-0.2, 0) is 16.4 Å². The molecule has 0 aliphatic carbocycles. The number of rotatable bonds is 7. The third-order valence-electron chi connectivity index (χ3n) is 4.79. The number of fused-ring (bicyclic) bond motifs is 1. The number of aromatic carboxylic acids is 1. The highest BCUT2D eigenvalue weighted by Crippen LogP contribution is 2.40. The Morgan fingerprint density at radius 3 is 2.72 bits per heavy atom. The van der Waals surface area contributed by atoms with E-state index in [9.17, 15) is 23.1 Å². The molecular weight excluding hydrogens is 484 g/mol. The Labute approximate surface area is 190 Å². The first-order chi connectivity index (χ1) is 15.1. The standard InChI is InChI=1S/C19H15ClN2O8S2/c1-8-10(11(19(24)25)6-13-16(8)29-7-28-13)5-12(23)17-14(3-4-31-17)32(26,27)22-18-15(20)9(2)21-30-18/h3-4,6,22H,5,7H2,1-2H3,(H,24,25). The van der Waals surface area contributed by atoms with Gasteiger partial charge in [-0.3, -0.25) is 4.79 Å². The number of ketones is 1. The lowest BCUT2D eigenvalue weighted by Gasteiger charge is -2.12. The van der Waals surface area contributed by atoms with Gasteiger partial charge in [0.15, 0.2) is 17.3 Å². The van der Waals surface area contributed by atoms with E-state index in [0.717, 1.165) is 11.3 Å². The van der Waals surface area contributed by atoms with E-state index >= 15 is 0 Å². The number of thiophene rings is 1. The quantitative estimate of drug-likeness (QED) is 0.466. The molecule has 3 heterocycles. The SMILES string of the molecule is Cc1noc(NS(=O)(=O)c2ccsc2C(=O)Cc2c(C(=O)O)cc3c(c2C)OCO3)c1Cl. The maximum Gasteiger partial charge on any atom is 0.336 e. The highest BCUT2D eigenvalue weighted by molar-refractivity contribution is 7.93. The van der Waals surface area contributed by atoms with Crippen molar-refractivity contribution < 1.29 is 37.1 Å². The summed E-state index contributed by atoms with van der Waals surface area (Å²) in [5.74, 6) is -1.46. The summed E-state index contributed by atoms with van der Waals surface area (Å²) in [6.07, 6.45) is -0.352. The Balaban J connectivity index is 1.68. The lowest BCUT2D eigenvalue weighted by atomic mass is 9.95. The minimum Gasteiger partial charge on any atom is -0.478 e. The molecule has 1 aliphatic heterocycles. The highest BCUT2D eigenvalue weighted by atomic mass is 35.5. The van der Waals surface area contributed by atoms with E-state index in [-0.39, 0.29) is 50.8 Å². The summed E-state index contributed by atoms with van der Waals surface area (Å²) in [6.45, 7) is 3.09. The first-order valence-corrected chi connectivity index (χ1v) is 11.7. The molecule has 10 nitrogen and oxygen atoms in total. The summed E-state index contributed by atoms with van der Waals surface area (Å²) in [5, 5.41) is 14.6. The minimum atomic E-state index is -4.23. The fourth-order valence-electron chi connectivity index (χ4n) is 3.22. The zero-order valence-electron chi connectivity index (χ0n) is 16.6. The van der Waals surface area contributed by atoms with Crippen LogP contribution in [0.1, 0.15) is 36.9 Å². The number of anilines is 1. The first kappa shape index (κ1) is 22.1. The van der Waals surface area contributed by atoms with Crippen LogP contribution in [0.5, 0.6) is 11.5 Å². The van der Waals surface area contributed by atoms with Crippen molar-refractivity contribution in [3.63, 3.8) is 0 Å². The molecule has 1 aliphatic rings. The van der Waals surface area contributed by atoms with Gasteiger partial charge in [0, 0.05) is 6.42 Å². The summed E-state index contributed by atoms with van der Waals surface area (Å²) in [7, 11) is -4.23. The molecule has 1 aromatic carbocycles. The van der Waals surface area contributed by atoms with Gasteiger partial charge in [0.2, 0.25) is 6.79 Å². The molecule has 0 atom stereocenters. The summed E-state index contributed by atoms with van der Waals surface area (Å²) in [5.41, 5.74) is 0.827. The number of halogens is 1. The Morgan fingerprint density at radius 1 is 1.31 bits per heavy atom. The van der Waals surface area contributed by atoms with Gasteiger partial charge in [-0.1, -0.05) is 16.8 Å². The maximum atomic E-state index is 13.1. The van der Waals surface area contributed by atoms with Crippen LogP contribution >= 0.6 is 22.9 Å². The molecule has 4 rings (SSSR count). The highest BCUT2D eigenvalue weighted by Gasteiger charge is 2.30. The minimum absolute atomic E-state index is 0.00114. The number of carboxylic acid groups (broad SMARTS) is 1. The van der Waals surface area contributed by atoms with Crippen LogP contribution in [0.15, 0.2) is 26.9 Å². The van der Waals surface area contributed by atoms with Crippen molar-refractivity contribution >= 4 is 50.6 Å². The average molecular weight is 499 g/mol. The van der Waals surface area contributed by atoms with Gasteiger partial charge in [-0.15, -0.1) is 11.3 Å². The number of sulfonamides is 1. The Morgan fingerprint density at radius 2 is 2.06 bits per heavy atom. The molecule has 0 bridgehead atoms. The number of carboxylic acids is 1. The van der Waals surface area contributed by atoms with Crippen molar-refractivity contribution in [2.24, 2.45) is 0 Å². The second-order valence-corrected chi connectivity index (χ2v) is 9.74. The van der Waals surface area contributed by atoms with Crippen LogP contribution in [0.2, 0.25) is 5.02 Å². The molecule has 0 saturated heterocycles. The molecular formula is C19H15ClN2O8S2. The zero-order chi connectivity index (χ0) is 23.2. The lowest BCUT2D eigenvalue weighted by Crippen LogP contribution is -2.17. The molecule has 0 amide bonds. The number of ether oxygens (including phenoxy) is 2. The number of hydrogen-bond donors (Lipinski definition) is 2. The predicted molar refractivity (Wildman–Crippen MR) is 114 cm³/mol. The van der Waals surface area contributed by atoms with Crippen LogP contribution in [-0.4, -0.2) is 37.2 Å². The zero-order valence-corrected chi connectivity index (χ0v) is 19.0. The van der Waals surface area contributed by atoms with Gasteiger partial charge in [-0.2, -0.15) is 0 Å². The van der Waals surface area contributed by atoms with Crippen LogP contribution < -0.4 is 14.2 Å². The molecule has 168 valence electrons. The Bertz CT molecular complexity index is 1360. The summed E-state index contributed by atoms with van der Waals surface area (Å²) < 4.78 is 43.4.